The summed E-state index contributed by atoms with van der Waals surface area (Å²) in [7, 11) is 3.92. The van der Waals surface area contributed by atoms with Gasteiger partial charge < -0.3 is 9.80 Å². The lowest BCUT2D eigenvalue weighted by Gasteiger charge is -2.34. The van der Waals surface area contributed by atoms with Gasteiger partial charge >= 0.3 is 0 Å². The van der Waals surface area contributed by atoms with Gasteiger partial charge in [0, 0.05) is 12.5 Å². The van der Waals surface area contributed by atoms with Crippen molar-refractivity contribution in [1.29, 1.82) is 0 Å². The maximum absolute atomic E-state index is 11.7. The Balaban J connectivity index is 2.24. The lowest BCUT2D eigenvalue weighted by atomic mass is 9.91. The van der Waals surface area contributed by atoms with E-state index in [2.05, 4.69) is 18.7 Å². The third-order valence-corrected chi connectivity index (χ3v) is 3.39. The lowest BCUT2D eigenvalue weighted by Crippen LogP contribution is -2.39. The first-order chi connectivity index (χ1) is 7.49. The molecule has 0 aromatic heterocycles. The summed E-state index contributed by atoms with van der Waals surface area (Å²) in [5, 5.41) is 0. The summed E-state index contributed by atoms with van der Waals surface area (Å²) in [4.78, 5) is 16.2. The van der Waals surface area contributed by atoms with E-state index in [9.17, 15) is 4.79 Å². The van der Waals surface area contributed by atoms with Gasteiger partial charge in [0.15, 0.2) is 0 Å². The molecule has 0 aromatic rings. The molecule has 0 unspecified atom stereocenters. The van der Waals surface area contributed by atoms with Crippen molar-refractivity contribution >= 4 is 5.78 Å². The van der Waals surface area contributed by atoms with Gasteiger partial charge in [-0.15, -0.1) is 0 Å². The van der Waals surface area contributed by atoms with Gasteiger partial charge in [-0.3, -0.25) is 4.79 Å². The standard InChI is InChI=1S/C13H26N2O/c1-11(2)15-7-5-12(6-8-15)9-13(16)10-14(3)4/h11-12H,5-10H2,1-4H3. The summed E-state index contributed by atoms with van der Waals surface area (Å²) < 4.78 is 0. The number of rotatable bonds is 5. The lowest BCUT2D eigenvalue weighted by molar-refractivity contribution is -0.120. The molecule has 0 spiro atoms. The molecule has 1 heterocycles. The fourth-order valence-electron chi connectivity index (χ4n) is 2.41. The van der Waals surface area contributed by atoms with E-state index in [1.807, 2.05) is 19.0 Å². The number of nitrogens with zero attached hydrogens (tertiary/aromatic N) is 2. The van der Waals surface area contributed by atoms with E-state index in [1.54, 1.807) is 0 Å². The number of hydrogen-bond donors (Lipinski definition) is 0. The average molecular weight is 226 g/mol. The largest absolute Gasteiger partial charge is 0.302 e. The van der Waals surface area contributed by atoms with Gasteiger partial charge in [0.1, 0.15) is 5.78 Å². The van der Waals surface area contributed by atoms with Crippen LogP contribution >= 0.6 is 0 Å². The van der Waals surface area contributed by atoms with Crippen LogP contribution in [0.1, 0.15) is 33.1 Å². The fourth-order valence-corrected chi connectivity index (χ4v) is 2.41. The molecule has 3 heteroatoms. The third kappa shape index (κ3) is 4.62. The molecule has 1 aliphatic rings. The summed E-state index contributed by atoms with van der Waals surface area (Å²) in [6, 6.07) is 0.651. The molecular formula is C13H26N2O. The normalized spacial score (nSPS) is 19.6. The second kappa shape index (κ2) is 6.36. The maximum Gasteiger partial charge on any atom is 0.147 e. The van der Waals surface area contributed by atoms with Crippen molar-refractivity contribution in [2.45, 2.75) is 39.2 Å². The summed E-state index contributed by atoms with van der Waals surface area (Å²) in [5.74, 6) is 1.02. The van der Waals surface area contributed by atoms with E-state index in [0.29, 0.717) is 24.3 Å². The molecule has 0 saturated carbocycles. The molecule has 94 valence electrons. The number of carbonyl (C=O) groups excluding carboxylic acids is 1. The average Bonchev–Trinajstić information content (AvgIpc) is 2.16. The molecule has 0 radical (unpaired) electrons. The summed E-state index contributed by atoms with van der Waals surface area (Å²) >= 11 is 0. The van der Waals surface area contributed by atoms with Gasteiger partial charge in [-0.25, -0.2) is 0 Å². The molecule has 0 N–H and O–H groups in total. The number of likely N-dealkylation sites (N-methyl/N-ethyl adjacent to an activating group) is 1. The summed E-state index contributed by atoms with van der Waals surface area (Å²) in [5.41, 5.74) is 0. The van der Waals surface area contributed by atoms with Crippen LogP contribution in [0.4, 0.5) is 0 Å². The SMILES string of the molecule is CC(C)N1CCC(CC(=O)CN(C)C)CC1. The molecule has 0 aromatic carbocycles. The first-order valence-electron chi connectivity index (χ1n) is 6.39. The van der Waals surface area contributed by atoms with Crippen LogP contribution in [-0.2, 0) is 4.79 Å². The Morgan fingerprint density at radius 2 is 1.88 bits per heavy atom. The van der Waals surface area contributed by atoms with Crippen LogP contribution in [0.15, 0.2) is 0 Å². The van der Waals surface area contributed by atoms with Crippen molar-refractivity contribution in [1.82, 2.24) is 9.80 Å². The van der Waals surface area contributed by atoms with Crippen LogP contribution in [0.5, 0.6) is 0 Å². The van der Waals surface area contributed by atoms with Gasteiger partial charge in [0.05, 0.1) is 6.54 Å². The van der Waals surface area contributed by atoms with Gasteiger partial charge in [-0.2, -0.15) is 0 Å². The van der Waals surface area contributed by atoms with E-state index in [4.69, 9.17) is 0 Å². The predicted octanol–water partition coefficient (Wildman–Crippen LogP) is 1.63. The minimum absolute atomic E-state index is 0.396. The van der Waals surface area contributed by atoms with Crippen LogP contribution in [0.25, 0.3) is 0 Å². The van der Waals surface area contributed by atoms with Crippen molar-refractivity contribution in [2.24, 2.45) is 5.92 Å². The molecule has 0 bridgehead atoms. The van der Waals surface area contributed by atoms with Crippen molar-refractivity contribution in [3.63, 3.8) is 0 Å². The minimum Gasteiger partial charge on any atom is -0.302 e. The summed E-state index contributed by atoms with van der Waals surface area (Å²) in [6.07, 6.45) is 3.17. The topological polar surface area (TPSA) is 23.6 Å². The Morgan fingerprint density at radius 1 is 1.31 bits per heavy atom. The second-order valence-corrected chi connectivity index (χ2v) is 5.55. The highest BCUT2D eigenvalue weighted by Crippen LogP contribution is 2.21. The number of Topliss-reactive ketones (excluding diaryl/α,β-unsaturated/α-hetero) is 1. The first-order valence-corrected chi connectivity index (χ1v) is 6.39. The van der Waals surface area contributed by atoms with Crippen molar-refractivity contribution < 1.29 is 4.79 Å². The first kappa shape index (κ1) is 13.7. The van der Waals surface area contributed by atoms with Crippen LogP contribution < -0.4 is 0 Å². The number of ketones is 1. The predicted molar refractivity (Wildman–Crippen MR) is 67.6 cm³/mol. The second-order valence-electron chi connectivity index (χ2n) is 5.55. The van der Waals surface area contributed by atoms with Gasteiger partial charge in [0.2, 0.25) is 0 Å². The van der Waals surface area contributed by atoms with E-state index in [1.165, 1.54) is 12.8 Å². The molecule has 3 nitrogen and oxygen atoms in total. The van der Waals surface area contributed by atoms with Gasteiger partial charge in [-0.05, 0) is 59.8 Å². The highest BCUT2D eigenvalue weighted by atomic mass is 16.1. The molecule has 0 aliphatic carbocycles. The smallest absolute Gasteiger partial charge is 0.147 e. The van der Waals surface area contributed by atoms with Crippen molar-refractivity contribution in [3.05, 3.63) is 0 Å². The molecule has 1 fully saturated rings. The number of piperidine rings is 1. The van der Waals surface area contributed by atoms with Crippen LogP contribution in [0.3, 0.4) is 0 Å². The van der Waals surface area contributed by atoms with Crippen molar-refractivity contribution in [2.75, 3.05) is 33.7 Å². The highest BCUT2D eigenvalue weighted by Gasteiger charge is 2.22. The van der Waals surface area contributed by atoms with E-state index < -0.39 is 0 Å². The van der Waals surface area contributed by atoms with E-state index in [0.717, 1.165) is 19.5 Å². The van der Waals surface area contributed by atoms with Crippen LogP contribution in [0.2, 0.25) is 0 Å². The Labute approximate surface area is 99.8 Å². The third-order valence-electron chi connectivity index (χ3n) is 3.39. The van der Waals surface area contributed by atoms with E-state index >= 15 is 0 Å². The molecule has 1 aliphatic heterocycles. The Bertz CT molecular complexity index is 218. The summed E-state index contributed by atoms with van der Waals surface area (Å²) in [6.45, 7) is 7.43. The van der Waals surface area contributed by atoms with Crippen LogP contribution in [0, 0.1) is 5.92 Å². The molecule has 16 heavy (non-hydrogen) atoms. The zero-order valence-electron chi connectivity index (χ0n) is 11.2. The van der Waals surface area contributed by atoms with Crippen LogP contribution in [-0.4, -0.2) is 55.4 Å². The van der Waals surface area contributed by atoms with Gasteiger partial charge in [0.25, 0.3) is 0 Å². The number of likely N-dealkylation sites (tertiary alicyclic amines) is 1. The van der Waals surface area contributed by atoms with Gasteiger partial charge in [-0.1, -0.05) is 0 Å². The molecule has 1 saturated heterocycles. The number of hydrogen-bond acceptors (Lipinski definition) is 3. The fraction of sp³-hybridized carbons (Fsp3) is 0.923. The Hall–Kier alpha value is -0.410. The van der Waals surface area contributed by atoms with E-state index in [-0.39, 0.29) is 0 Å². The Morgan fingerprint density at radius 3 is 2.31 bits per heavy atom. The molecule has 0 amide bonds. The zero-order valence-corrected chi connectivity index (χ0v) is 11.2. The molecule has 1 rings (SSSR count). The van der Waals surface area contributed by atoms with Crippen molar-refractivity contribution in [3.8, 4) is 0 Å². The maximum atomic E-state index is 11.7. The molecular weight excluding hydrogens is 200 g/mol. The molecule has 0 atom stereocenters. The monoisotopic (exact) mass is 226 g/mol. The highest BCUT2D eigenvalue weighted by molar-refractivity contribution is 5.80. The minimum atomic E-state index is 0.396. The Kier molecular flexibility index (Phi) is 5.42. The number of carbonyl (C=O) groups is 1. The quantitative estimate of drug-likeness (QED) is 0.712. The zero-order chi connectivity index (χ0) is 12.1.